The Labute approximate surface area is 100 Å². The van der Waals surface area contributed by atoms with E-state index >= 15 is 0 Å². The Morgan fingerprint density at radius 3 is 2.65 bits per heavy atom. The second-order valence-electron chi connectivity index (χ2n) is 4.26. The van der Waals surface area contributed by atoms with E-state index in [4.69, 9.17) is 0 Å². The number of aryl methyl sites for hydroxylation is 3. The lowest BCUT2D eigenvalue weighted by Gasteiger charge is -2.10. The van der Waals surface area contributed by atoms with Crippen molar-refractivity contribution in [1.29, 1.82) is 0 Å². The lowest BCUT2D eigenvalue weighted by molar-refractivity contribution is 0.175. The molecule has 0 saturated carbocycles. The van der Waals surface area contributed by atoms with Gasteiger partial charge in [0.05, 0.1) is 13.2 Å². The molecule has 1 aromatic heterocycles. The van der Waals surface area contributed by atoms with Crippen molar-refractivity contribution in [1.82, 2.24) is 20.2 Å². The molecule has 0 bridgehead atoms. The van der Waals surface area contributed by atoms with Gasteiger partial charge in [0, 0.05) is 6.42 Å². The summed E-state index contributed by atoms with van der Waals surface area (Å²) in [6, 6.07) is 5.94. The van der Waals surface area contributed by atoms with Gasteiger partial charge in [-0.2, -0.15) is 4.80 Å². The van der Waals surface area contributed by atoms with Crippen LogP contribution in [0.25, 0.3) is 0 Å². The van der Waals surface area contributed by atoms with E-state index < -0.39 is 6.10 Å². The molecule has 1 heterocycles. The van der Waals surface area contributed by atoms with E-state index in [1.807, 2.05) is 25.1 Å². The summed E-state index contributed by atoms with van der Waals surface area (Å²) in [4.78, 5) is 1.39. The number of rotatable bonds is 3. The fourth-order valence-corrected chi connectivity index (χ4v) is 1.67. The molecule has 0 saturated heterocycles. The Bertz CT molecular complexity index is 521. The monoisotopic (exact) mass is 232 g/mol. The molecular formula is C12H16N4O. The largest absolute Gasteiger partial charge is 0.388 e. The molecule has 0 aliphatic rings. The Balaban J connectivity index is 2.14. The Morgan fingerprint density at radius 2 is 2.06 bits per heavy atom. The topological polar surface area (TPSA) is 63.8 Å². The number of tetrazole rings is 1. The van der Waals surface area contributed by atoms with Gasteiger partial charge in [-0.05, 0) is 35.8 Å². The minimum Gasteiger partial charge on any atom is -0.388 e. The van der Waals surface area contributed by atoms with E-state index in [1.165, 1.54) is 15.9 Å². The van der Waals surface area contributed by atoms with Crippen molar-refractivity contribution >= 4 is 0 Å². The van der Waals surface area contributed by atoms with Crippen LogP contribution in [0.2, 0.25) is 0 Å². The average molecular weight is 232 g/mol. The lowest BCUT2D eigenvalue weighted by Crippen LogP contribution is -2.04. The lowest BCUT2D eigenvalue weighted by atomic mass is 10.0. The van der Waals surface area contributed by atoms with Crippen LogP contribution in [0.1, 0.15) is 28.6 Å². The number of aliphatic hydroxyl groups excluding tert-OH is 1. The highest BCUT2D eigenvalue weighted by Crippen LogP contribution is 2.19. The summed E-state index contributed by atoms with van der Waals surface area (Å²) in [5.41, 5.74) is 3.28. The third kappa shape index (κ3) is 2.68. The quantitative estimate of drug-likeness (QED) is 0.860. The Kier molecular flexibility index (Phi) is 3.19. The summed E-state index contributed by atoms with van der Waals surface area (Å²) in [7, 11) is 1.71. The highest BCUT2D eigenvalue weighted by atomic mass is 16.3. The van der Waals surface area contributed by atoms with E-state index in [2.05, 4.69) is 22.3 Å². The molecule has 5 nitrogen and oxygen atoms in total. The summed E-state index contributed by atoms with van der Waals surface area (Å²) in [6.45, 7) is 4.09. The molecular weight excluding hydrogens is 216 g/mol. The van der Waals surface area contributed by atoms with Gasteiger partial charge in [-0.25, -0.2) is 0 Å². The molecule has 90 valence electrons. The van der Waals surface area contributed by atoms with Gasteiger partial charge in [0.1, 0.15) is 0 Å². The Morgan fingerprint density at radius 1 is 1.29 bits per heavy atom. The van der Waals surface area contributed by atoms with Gasteiger partial charge in [0.25, 0.3) is 0 Å². The number of aliphatic hydroxyl groups is 1. The zero-order valence-corrected chi connectivity index (χ0v) is 10.3. The van der Waals surface area contributed by atoms with Gasteiger partial charge >= 0.3 is 0 Å². The number of nitrogens with zero attached hydrogens (tertiary/aromatic N) is 4. The van der Waals surface area contributed by atoms with E-state index in [1.54, 1.807) is 7.05 Å². The molecule has 0 radical (unpaired) electrons. The first-order chi connectivity index (χ1) is 8.06. The first kappa shape index (κ1) is 11.7. The smallest absolute Gasteiger partial charge is 0.177 e. The zero-order valence-electron chi connectivity index (χ0n) is 10.3. The van der Waals surface area contributed by atoms with Crippen LogP contribution in [0.3, 0.4) is 0 Å². The van der Waals surface area contributed by atoms with Crippen molar-refractivity contribution in [2.45, 2.75) is 26.4 Å². The number of aromatic nitrogens is 4. The second kappa shape index (κ2) is 4.63. The van der Waals surface area contributed by atoms with Gasteiger partial charge in [0.2, 0.25) is 0 Å². The normalized spacial score (nSPS) is 12.7. The maximum absolute atomic E-state index is 10.1. The molecule has 1 unspecified atom stereocenters. The zero-order chi connectivity index (χ0) is 12.4. The SMILES string of the molecule is Cc1ccc(C(O)Cc2nnn(C)n2)cc1C. The molecule has 2 aromatic rings. The van der Waals surface area contributed by atoms with Crippen LogP contribution in [0.15, 0.2) is 18.2 Å². The molecule has 0 aliphatic heterocycles. The van der Waals surface area contributed by atoms with Crippen LogP contribution >= 0.6 is 0 Å². The number of hydrogen-bond acceptors (Lipinski definition) is 4. The highest BCUT2D eigenvalue weighted by molar-refractivity contribution is 5.31. The molecule has 0 amide bonds. The van der Waals surface area contributed by atoms with Crippen molar-refractivity contribution in [2.75, 3.05) is 0 Å². The van der Waals surface area contributed by atoms with Gasteiger partial charge in [-0.3, -0.25) is 0 Å². The van der Waals surface area contributed by atoms with E-state index in [-0.39, 0.29) is 0 Å². The summed E-state index contributed by atoms with van der Waals surface area (Å²) in [6.07, 6.45) is -0.199. The van der Waals surface area contributed by atoms with Crippen molar-refractivity contribution in [3.63, 3.8) is 0 Å². The third-order valence-corrected chi connectivity index (χ3v) is 2.84. The van der Waals surface area contributed by atoms with Crippen molar-refractivity contribution < 1.29 is 5.11 Å². The van der Waals surface area contributed by atoms with Crippen LogP contribution in [-0.2, 0) is 13.5 Å². The highest BCUT2D eigenvalue weighted by Gasteiger charge is 2.12. The predicted molar refractivity (Wildman–Crippen MR) is 63.4 cm³/mol. The van der Waals surface area contributed by atoms with E-state index in [9.17, 15) is 5.11 Å². The molecule has 17 heavy (non-hydrogen) atoms. The minimum atomic E-state index is -0.585. The molecule has 1 aromatic carbocycles. The molecule has 0 fully saturated rings. The fraction of sp³-hybridized carbons (Fsp3) is 0.417. The van der Waals surface area contributed by atoms with Crippen LogP contribution < -0.4 is 0 Å². The van der Waals surface area contributed by atoms with Gasteiger partial charge < -0.3 is 5.11 Å². The fourth-order valence-electron chi connectivity index (χ4n) is 1.67. The third-order valence-electron chi connectivity index (χ3n) is 2.84. The summed E-state index contributed by atoms with van der Waals surface area (Å²) in [5.74, 6) is 0.554. The maximum Gasteiger partial charge on any atom is 0.177 e. The predicted octanol–water partition coefficient (Wildman–Crippen LogP) is 1.10. The van der Waals surface area contributed by atoms with Crippen LogP contribution in [0.4, 0.5) is 0 Å². The first-order valence-electron chi connectivity index (χ1n) is 5.54. The average Bonchev–Trinajstić information content (AvgIpc) is 2.68. The standard InChI is InChI=1S/C12H16N4O/c1-8-4-5-10(6-9(8)2)11(17)7-12-13-15-16(3)14-12/h4-6,11,17H,7H2,1-3H3. The number of benzene rings is 1. The van der Waals surface area contributed by atoms with Crippen LogP contribution in [0.5, 0.6) is 0 Å². The van der Waals surface area contributed by atoms with Gasteiger partial charge in [0.15, 0.2) is 5.82 Å². The summed E-state index contributed by atoms with van der Waals surface area (Å²) in [5, 5.41) is 21.7. The number of hydrogen-bond donors (Lipinski definition) is 1. The van der Waals surface area contributed by atoms with Crippen molar-refractivity contribution in [2.24, 2.45) is 7.05 Å². The molecule has 5 heteroatoms. The second-order valence-corrected chi connectivity index (χ2v) is 4.26. The molecule has 0 spiro atoms. The molecule has 2 rings (SSSR count). The van der Waals surface area contributed by atoms with Gasteiger partial charge in [-0.15, -0.1) is 10.2 Å². The molecule has 0 aliphatic carbocycles. The molecule has 1 N–H and O–H groups in total. The van der Waals surface area contributed by atoms with Gasteiger partial charge in [-0.1, -0.05) is 18.2 Å². The van der Waals surface area contributed by atoms with Crippen molar-refractivity contribution in [3.8, 4) is 0 Å². The maximum atomic E-state index is 10.1. The Hall–Kier alpha value is -1.75. The van der Waals surface area contributed by atoms with Crippen LogP contribution in [-0.4, -0.2) is 25.3 Å². The summed E-state index contributed by atoms with van der Waals surface area (Å²) >= 11 is 0. The minimum absolute atomic E-state index is 0.385. The van der Waals surface area contributed by atoms with Crippen LogP contribution in [0, 0.1) is 13.8 Å². The summed E-state index contributed by atoms with van der Waals surface area (Å²) < 4.78 is 0. The first-order valence-corrected chi connectivity index (χ1v) is 5.54. The van der Waals surface area contributed by atoms with E-state index in [0.29, 0.717) is 12.2 Å². The van der Waals surface area contributed by atoms with E-state index in [0.717, 1.165) is 5.56 Å². The van der Waals surface area contributed by atoms with Crippen molar-refractivity contribution in [3.05, 3.63) is 40.7 Å². The molecule has 1 atom stereocenters.